The Morgan fingerprint density at radius 1 is 1.18 bits per heavy atom. The molecule has 1 N–H and O–H groups in total. The minimum atomic E-state index is 0.0620. The summed E-state index contributed by atoms with van der Waals surface area (Å²) in [5, 5.41) is 3.17. The van der Waals surface area contributed by atoms with E-state index in [2.05, 4.69) is 5.32 Å². The number of carbonyl (C=O) groups excluding carboxylic acids is 1. The fourth-order valence-corrected chi connectivity index (χ4v) is 3.97. The van der Waals surface area contributed by atoms with Crippen molar-refractivity contribution in [3.63, 3.8) is 0 Å². The van der Waals surface area contributed by atoms with E-state index in [0.29, 0.717) is 19.6 Å². The normalized spacial score (nSPS) is 30.7. The van der Waals surface area contributed by atoms with Gasteiger partial charge in [-0.1, -0.05) is 12.8 Å². The van der Waals surface area contributed by atoms with Gasteiger partial charge in [0.2, 0.25) is 5.91 Å². The Labute approximate surface area is 133 Å². The van der Waals surface area contributed by atoms with E-state index in [-0.39, 0.29) is 23.7 Å². The molecule has 1 aliphatic carbocycles. The van der Waals surface area contributed by atoms with Crippen LogP contribution in [0.1, 0.15) is 57.8 Å². The van der Waals surface area contributed by atoms with Crippen LogP contribution in [0.3, 0.4) is 0 Å². The standard InChI is InChI=1S/C17H29NO4/c19-16(6-10-20-13-15-4-3-9-21-15)18-14-5-11-22-17(12-14)7-1-2-8-17/h14-15H,1-13H2,(H,18,19). The molecule has 3 fully saturated rings. The first kappa shape index (κ1) is 16.2. The highest BCUT2D eigenvalue weighted by Crippen LogP contribution is 2.39. The van der Waals surface area contributed by atoms with Crippen molar-refractivity contribution in [2.45, 2.75) is 75.5 Å². The summed E-state index contributed by atoms with van der Waals surface area (Å²) >= 11 is 0. The first-order valence-electron chi connectivity index (χ1n) is 8.88. The first-order valence-corrected chi connectivity index (χ1v) is 8.88. The summed E-state index contributed by atoms with van der Waals surface area (Å²) in [5.74, 6) is 0.104. The molecule has 1 spiro atoms. The lowest BCUT2D eigenvalue weighted by Gasteiger charge is -2.38. The molecule has 2 saturated heterocycles. The number of hydrogen-bond acceptors (Lipinski definition) is 4. The Hall–Kier alpha value is -0.650. The van der Waals surface area contributed by atoms with Gasteiger partial charge < -0.3 is 19.5 Å². The third-order valence-corrected chi connectivity index (χ3v) is 5.17. The van der Waals surface area contributed by atoms with E-state index in [1.165, 1.54) is 12.8 Å². The van der Waals surface area contributed by atoms with Crippen molar-refractivity contribution in [2.24, 2.45) is 0 Å². The molecule has 5 heteroatoms. The van der Waals surface area contributed by atoms with Crippen LogP contribution < -0.4 is 5.32 Å². The zero-order valence-corrected chi connectivity index (χ0v) is 13.5. The number of hydrogen-bond donors (Lipinski definition) is 1. The van der Waals surface area contributed by atoms with Gasteiger partial charge in [0.05, 0.1) is 24.9 Å². The maximum atomic E-state index is 12.0. The van der Waals surface area contributed by atoms with Crippen molar-refractivity contribution in [1.82, 2.24) is 5.32 Å². The molecule has 3 rings (SSSR count). The molecule has 22 heavy (non-hydrogen) atoms. The van der Waals surface area contributed by atoms with Crippen LogP contribution in [-0.4, -0.2) is 50.1 Å². The minimum absolute atomic E-state index is 0.0620. The fraction of sp³-hybridized carbons (Fsp3) is 0.941. The van der Waals surface area contributed by atoms with Crippen LogP contribution in [0, 0.1) is 0 Å². The van der Waals surface area contributed by atoms with Gasteiger partial charge in [-0.25, -0.2) is 0 Å². The van der Waals surface area contributed by atoms with Crippen LogP contribution in [-0.2, 0) is 19.0 Å². The van der Waals surface area contributed by atoms with Crippen LogP contribution in [0.25, 0.3) is 0 Å². The fourth-order valence-electron chi connectivity index (χ4n) is 3.97. The molecule has 0 aromatic heterocycles. The van der Waals surface area contributed by atoms with Gasteiger partial charge in [-0.05, 0) is 38.5 Å². The molecule has 0 bridgehead atoms. The second kappa shape index (κ2) is 7.75. The van der Waals surface area contributed by atoms with Crippen molar-refractivity contribution in [2.75, 3.05) is 26.4 Å². The van der Waals surface area contributed by atoms with Crippen LogP contribution in [0.4, 0.5) is 0 Å². The third kappa shape index (κ3) is 4.43. The minimum Gasteiger partial charge on any atom is -0.378 e. The molecule has 1 amide bonds. The molecular weight excluding hydrogens is 282 g/mol. The van der Waals surface area contributed by atoms with E-state index >= 15 is 0 Å². The average molecular weight is 311 g/mol. The predicted octanol–water partition coefficient (Wildman–Crippen LogP) is 2.18. The average Bonchev–Trinajstić information content (AvgIpc) is 3.16. The van der Waals surface area contributed by atoms with Crippen molar-refractivity contribution >= 4 is 5.91 Å². The Kier molecular flexibility index (Phi) is 5.71. The third-order valence-electron chi connectivity index (χ3n) is 5.17. The summed E-state index contributed by atoms with van der Waals surface area (Å²) in [6.45, 7) is 2.73. The van der Waals surface area contributed by atoms with E-state index in [9.17, 15) is 4.79 Å². The second-order valence-electron chi connectivity index (χ2n) is 6.96. The molecule has 126 valence electrons. The molecule has 3 aliphatic rings. The number of ether oxygens (including phenoxy) is 3. The summed E-state index contributed by atoms with van der Waals surface area (Å²) in [7, 11) is 0. The molecule has 2 unspecified atom stereocenters. The molecule has 2 atom stereocenters. The smallest absolute Gasteiger partial charge is 0.222 e. The van der Waals surface area contributed by atoms with Gasteiger partial charge in [0, 0.05) is 25.7 Å². The Bertz CT molecular complexity index is 362. The summed E-state index contributed by atoms with van der Waals surface area (Å²) in [5.41, 5.74) is 0.0620. The zero-order valence-electron chi connectivity index (χ0n) is 13.5. The van der Waals surface area contributed by atoms with Gasteiger partial charge in [0.15, 0.2) is 0 Å². The predicted molar refractivity (Wildman–Crippen MR) is 82.7 cm³/mol. The second-order valence-corrected chi connectivity index (χ2v) is 6.96. The van der Waals surface area contributed by atoms with E-state index in [0.717, 1.165) is 51.7 Å². The molecule has 2 aliphatic heterocycles. The largest absolute Gasteiger partial charge is 0.378 e. The SMILES string of the molecule is O=C(CCOCC1CCCO1)NC1CCOC2(CCCC2)C1. The quantitative estimate of drug-likeness (QED) is 0.764. The molecule has 5 nitrogen and oxygen atoms in total. The van der Waals surface area contributed by atoms with Crippen molar-refractivity contribution in [3.8, 4) is 0 Å². The summed E-state index contributed by atoms with van der Waals surface area (Å²) in [6, 6.07) is 0.275. The summed E-state index contributed by atoms with van der Waals surface area (Å²) in [6.07, 6.45) is 9.64. The Morgan fingerprint density at radius 3 is 2.82 bits per heavy atom. The molecular formula is C17H29NO4. The highest BCUT2D eigenvalue weighted by atomic mass is 16.5. The van der Waals surface area contributed by atoms with E-state index in [1.54, 1.807) is 0 Å². The van der Waals surface area contributed by atoms with Crippen LogP contribution in [0.5, 0.6) is 0 Å². The lowest BCUT2D eigenvalue weighted by atomic mass is 9.89. The van der Waals surface area contributed by atoms with Gasteiger partial charge in [-0.15, -0.1) is 0 Å². The first-order chi connectivity index (χ1) is 10.8. The topological polar surface area (TPSA) is 56.8 Å². The number of rotatable bonds is 6. The van der Waals surface area contributed by atoms with Gasteiger partial charge in [0.1, 0.15) is 0 Å². The monoisotopic (exact) mass is 311 g/mol. The van der Waals surface area contributed by atoms with Crippen molar-refractivity contribution < 1.29 is 19.0 Å². The molecule has 1 saturated carbocycles. The molecule has 0 aromatic rings. The van der Waals surface area contributed by atoms with Crippen LogP contribution in [0.15, 0.2) is 0 Å². The van der Waals surface area contributed by atoms with Crippen molar-refractivity contribution in [1.29, 1.82) is 0 Å². The number of nitrogens with one attached hydrogen (secondary N) is 1. The van der Waals surface area contributed by atoms with Gasteiger partial charge in [0.25, 0.3) is 0 Å². The molecule has 0 aromatic carbocycles. The van der Waals surface area contributed by atoms with E-state index in [4.69, 9.17) is 14.2 Å². The van der Waals surface area contributed by atoms with E-state index < -0.39 is 0 Å². The number of carbonyl (C=O) groups is 1. The van der Waals surface area contributed by atoms with Gasteiger partial charge in [-0.3, -0.25) is 4.79 Å². The maximum Gasteiger partial charge on any atom is 0.222 e. The van der Waals surface area contributed by atoms with Crippen LogP contribution >= 0.6 is 0 Å². The summed E-state index contributed by atoms with van der Waals surface area (Å²) in [4.78, 5) is 12.0. The highest BCUT2D eigenvalue weighted by molar-refractivity contribution is 5.76. The zero-order chi connectivity index (χ0) is 15.3. The number of amides is 1. The van der Waals surface area contributed by atoms with E-state index in [1.807, 2.05) is 0 Å². The summed E-state index contributed by atoms with van der Waals surface area (Å²) < 4.78 is 17.1. The van der Waals surface area contributed by atoms with Gasteiger partial charge in [-0.2, -0.15) is 0 Å². The van der Waals surface area contributed by atoms with Crippen LogP contribution in [0.2, 0.25) is 0 Å². The Balaban J connectivity index is 1.31. The molecule has 2 heterocycles. The highest BCUT2D eigenvalue weighted by Gasteiger charge is 2.40. The Morgan fingerprint density at radius 2 is 2.05 bits per heavy atom. The van der Waals surface area contributed by atoms with Gasteiger partial charge >= 0.3 is 0 Å². The lowest BCUT2D eigenvalue weighted by molar-refractivity contribution is -0.126. The maximum absolute atomic E-state index is 12.0. The van der Waals surface area contributed by atoms with Crippen molar-refractivity contribution in [3.05, 3.63) is 0 Å². The lowest BCUT2D eigenvalue weighted by Crippen LogP contribution is -2.47. The molecule has 0 radical (unpaired) electrons.